The molecule has 1 aromatic carbocycles. The highest BCUT2D eigenvalue weighted by Crippen LogP contribution is 2.43. The van der Waals surface area contributed by atoms with Gasteiger partial charge < -0.3 is 9.90 Å². The Hall–Kier alpha value is -0.660. The first-order valence-electron chi connectivity index (χ1n) is 4.93. The minimum atomic E-state index is -1.56. The standard InChI is InChI=1S/C11H15O2PS/c1-3-14(15,4-2)10-7-5-6-9(8-10)11(12)13/h5-8H,3-4H2,1-2H3,(H,12,13)/p-1. The van der Waals surface area contributed by atoms with Crippen LogP contribution >= 0.6 is 6.04 Å². The number of carboxylic acids is 1. The van der Waals surface area contributed by atoms with Crippen LogP contribution in [0.2, 0.25) is 0 Å². The maximum Gasteiger partial charge on any atom is 0.0715 e. The monoisotopic (exact) mass is 241 g/mol. The lowest BCUT2D eigenvalue weighted by atomic mass is 10.2. The lowest BCUT2D eigenvalue weighted by Crippen LogP contribution is -2.23. The highest BCUT2D eigenvalue weighted by atomic mass is 32.4. The summed E-state index contributed by atoms with van der Waals surface area (Å²) in [5.41, 5.74) is 0.226. The van der Waals surface area contributed by atoms with Gasteiger partial charge in [-0.05, 0) is 35.3 Å². The second-order valence-corrected chi connectivity index (χ2v) is 9.02. The Morgan fingerprint density at radius 3 is 2.47 bits per heavy atom. The van der Waals surface area contributed by atoms with E-state index in [4.69, 9.17) is 11.8 Å². The number of hydrogen-bond acceptors (Lipinski definition) is 3. The topological polar surface area (TPSA) is 40.1 Å². The Bertz CT molecular complexity index is 407. The lowest BCUT2D eigenvalue weighted by Gasteiger charge is -2.19. The molecule has 2 nitrogen and oxygen atoms in total. The van der Waals surface area contributed by atoms with Crippen LogP contribution in [-0.4, -0.2) is 18.3 Å². The van der Waals surface area contributed by atoms with Crippen molar-refractivity contribution in [1.82, 2.24) is 0 Å². The summed E-state index contributed by atoms with van der Waals surface area (Å²) in [5, 5.41) is 11.7. The van der Waals surface area contributed by atoms with Gasteiger partial charge >= 0.3 is 0 Å². The predicted octanol–water partition coefficient (Wildman–Crippen LogP) is 1.19. The summed E-state index contributed by atoms with van der Waals surface area (Å²) >= 11 is 5.61. The number of carbonyl (C=O) groups is 1. The molecule has 0 bridgehead atoms. The van der Waals surface area contributed by atoms with Crippen molar-refractivity contribution in [2.24, 2.45) is 0 Å². The van der Waals surface area contributed by atoms with Crippen LogP contribution in [-0.2, 0) is 11.8 Å². The van der Waals surface area contributed by atoms with Crippen molar-refractivity contribution in [3.63, 3.8) is 0 Å². The zero-order chi connectivity index (χ0) is 11.5. The van der Waals surface area contributed by atoms with Gasteiger partial charge in [-0.25, -0.2) is 0 Å². The molecule has 0 atom stereocenters. The largest absolute Gasteiger partial charge is 0.545 e. The Morgan fingerprint density at radius 1 is 1.40 bits per heavy atom. The van der Waals surface area contributed by atoms with Crippen LogP contribution in [0.1, 0.15) is 24.2 Å². The van der Waals surface area contributed by atoms with Crippen LogP contribution in [0.4, 0.5) is 0 Å². The van der Waals surface area contributed by atoms with E-state index in [1.54, 1.807) is 18.2 Å². The third kappa shape index (κ3) is 2.67. The first-order valence-corrected chi connectivity index (χ1v) is 8.11. The SMILES string of the molecule is CCP(=S)(CC)c1cccc(C(=O)[O-])c1. The minimum Gasteiger partial charge on any atom is -0.545 e. The van der Waals surface area contributed by atoms with Crippen molar-refractivity contribution in [3.8, 4) is 0 Å². The molecule has 0 N–H and O–H groups in total. The minimum absolute atomic E-state index is 0.226. The molecule has 0 aromatic heterocycles. The van der Waals surface area contributed by atoms with E-state index in [-0.39, 0.29) is 5.56 Å². The zero-order valence-corrected chi connectivity index (χ0v) is 10.6. The van der Waals surface area contributed by atoms with Gasteiger partial charge in [0.15, 0.2) is 0 Å². The summed E-state index contributed by atoms with van der Waals surface area (Å²) in [4.78, 5) is 10.7. The quantitative estimate of drug-likeness (QED) is 0.743. The van der Waals surface area contributed by atoms with Crippen LogP contribution in [0.25, 0.3) is 0 Å². The second kappa shape index (κ2) is 4.91. The number of benzene rings is 1. The molecule has 0 fully saturated rings. The third-order valence-corrected chi connectivity index (χ3v) is 8.02. The Labute approximate surface area is 95.3 Å². The molecule has 4 heteroatoms. The van der Waals surface area contributed by atoms with Gasteiger partial charge in [0.1, 0.15) is 0 Å². The van der Waals surface area contributed by atoms with Crippen molar-refractivity contribution < 1.29 is 9.90 Å². The first-order chi connectivity index (χ1) is 7.03. The van der Waals surface area contributed by atoms with E-state index in [0.29, 0.717) is 0 Å². The van der Waals surface area contributed by atoms with Crippen molar-refractivity contribution in [1.29, 1.82) is 0 Å². The zero-order valence-electron chi connectivity index (χ0n) is 8.90. The highest BCUT2D eigenvalue weighted by Gasteiger charge is 2.14. The Morgan fingerprint density at radius 2 is 2.00 bits per heavy atom. The van der Waals surface area contributed by atoms with Crippen LogP contribution in [0.5, 0.6) is 0 Å². The average molecular weight is 241 g/mol. The summed E-state index contributed by atoms with van der Waals surface area (Å²) in [7, 11) is 0. The van der Waals surface area contributed by atoms with Gasteiger partial charge in [-0.3, -0.25) is 0 Å². The van der Waals surface area contributed by atoms with E-state index in [0.717, 1.165) is 17.6 Å². The Kier molecular flexibility index (Phi) is 4.06. The molecule has 0 spiro atoms. The van der Waals surface area contributed by atoms with E-state index in [9.17, 15) is 9.90 Å². The molecule has 0 saturated carbocycles. The third-order valence-electron chi connectivity index (χ3n) is 2.57. The van der Waals surface area contributed by atoms with Gasteiger partial charge in [-0.2, -0.15) is 0 Å². The fourth-order valence-corrected chi connectivity index (χ4v) is 3.73. The number of carbonyl (C=O) groups excluding carboxylic acids is 1. The molecule has 1 rings (SSSR count). The van der Waals surface area contributed by atoms with Crippen LogP contribution < -0.4 is 10.4 Å². The van der Waals surface area contributed by atoms with Crippen molar-refractivity contribution in [2.45, 2.75) is 13.8 Å². The molecular weight excluding hydrogens is 227 g/mol. The molecule has 15 heavy (non-hydrogen) atoms. The number of rotatable bonds is 4. The van der Waals surface area contributed by atoms with Crippen molar-refractivity contribution >= 4 is 29.1 Å². The number of aromatic carboxylic acids is 1. The molecule has 0 aliphatic carbocycles. The van der Waals surface area contributed by atoms with E-state index >= 15 is 0 Å². The van der Waals surface area contributed by atoms with Gasteiger partial charge in [0.05, 0.1) is 5.97 Å². The smallest absolute Gasteiger partial charge is 0.0715 e. The summed E-state index contributed by atoms with van der Waals surface area (Å²) in [5.74, 6) is -1.13. The first kappa shape index (κ1) is 12.4. The van der Waals surface area contributed by atoms with Crippen LogP contribution in [0.15, 0.2) is 24.3 Å². The normalized spacial score (nSPS) is 11.3. The molecule has 0 amide bonds. The molecule has 0 saturated heterocycles. The van der Waals surface area contributed by atoms with E-state index in [1.165, 1.54) is 0 Å². The summed E-state index contributed by atoms with van der Waals surface area (Å²) in [6.07, 6.45) is 1.85. The fourth-order valence-electron chi connectivity index (χ4n) is 1.48. The van der Waals surface area contributed by atoms with Gasteiger partial charge in [-0.1, -0.05) is 43.9 Å². The van der Waals surface area contributed by atoms with Crippen LogP contribution in [0, 0.1) is 0 Å². The summed E-state index contributed by atoms with van der Waals surface area (Å²) in [6, 6.07) is 5.33. The fraction of sp³-hybridized carbons (Fsp3) is 0.364. The van der Waals surface area contributed by atoms with E-state index in [2.05, 4.69) is 13.8 Å². The molecule has 0 aliphatic heterocycles. The molecule has 0 radical (unpaired) electrons. The van der Waals surface area contributed by atoms with Gasteiger partial charge in [-0.15, -0.1) is 0 Å². The molecule has 1 aromatic rings. The van der Waals surface area contributed by atoms with E-state index in [1.807, 2.05) is 6.07 Å². The average Bonchev–Trinajstić information content (AvgIpc) is 2.28. The van der Waals surface area contributed by atoms with Crippen molar-refractivity contribution in [2.75, 3.05) is 12.3 Å². The van der Waals surface area contributed by atoms with Gasteiger partial charge in [0.2, 0.25) is 0 Å². The van der Waals surface area contributed by atoms with Gasteiger partial charge in [0, 0.05) is 0 Å². The predicted molar refractivity (Wildman–Crippen MR) is 65.8 cm³/mol. The number of carboxylic acid groups (broad SMARTS) is 1. The molecule has 0 heterocycles. The number of hydrogen-bond donors (Lipinski definition) is 0. The molecule has 0 aliphatic rings. The molecule has 0 unspecified atom stereocenters. The lowest BCUT2D eigenvalue weighted by molar-refractivity contribution is -0.255. The Balaban J connectivity index is 3.21. The highest BCUT2D eigenvalue weighted by molar-refractivity contribution is 8.18. The maximum atomic E-state index is 10.7. The summed E-state index contributed by atoms with van der Waals surface area (Å²) in [6.45, 7) is 4.13. The van der Waals surface area contributed by atoms with Crippen LogP contribution in [0.3, 0.4) is 0 Å². The van der Waals surface area contributed by atoms with Crippen molar-refractivity contribution in [3.05, 3.63) is 29.8 Å². The van der Waals surface area contributed by atoms with Gasteiger partial charge in [0.25, 0.3) is 0 Å². The molecule has 82 valence electrons. The molecular formula is C11H14O2PS-. The maximum absolute atomic E-state index is 10.7. The summed E-state index contributed by atoms with van der Waals surface area (Å²) < 4.78 is 0. The second-order valence-electron chi connectivity index (χ2n) is 3.36. The van der Waals surface area contributed by atoms with E-state index < -0.39 is 12.0 Å².